The number of fused-ring (bicyclic) bond motifs is 1. The van der Waals surface area contributed by atoms with E-state index in [1.807, 2.05) is 11.8 Å². The van der Waals surface area contributed by atoms with Crippen molar-refractivity contribution in [2.24, 2.45) is 7.05 Å². The fourth-order valence-corrected chi connectivity index (χ4v) is 5.14. The molecule has 1 amide bonds. The van der Waals surface area contributed by atoms with Crippen molar-refractivity contribution in [1.82, 2.24) is 19.7 Å². The minimum atomic E-state index is -5.12. The number of halogens is 5. The molecule has 0 radical (unpaired) electrons. The zero-order valence-corrected chi connectivity index (χ0v) is 24.9. The Bertz CT molecular complexity index is 1680. The predicted octanol–water partition coefficient (Wildman–Crippen LogP) is 6.96. The molecule has 13 heteroatoms. The van der Waals surface area contributed by atoms with Gasteiger partial charge in [0.2, 0.25) is 0 Å². The van der Waals surface area contributed by atoms with Crippen LogP contribution in [-0.2, 0) is 24.6 Å². The van der Waals surface area contributed by atoms with Gasteiger partial charge in [0.05, 0.1) is 11.1 Å². The molecule has 0 saturated carbocycles. The molecule has 4 aromatic rings. The molecule has 8 nitrogen and oxygen atoms in total. The number of hydrogen-bond acceptors (Lipinski definition) is 6. The monoisotopic (exact) mass is 617 g/mol. The van der Waals surface area contributed by atoms with Crippen molar-refractivity contribution >= 4 is 22.8 Å². The van der Waals surface area contributed by atoms with E-state index < -0.39 is 46.4 Å². The number of pyridine rings is 1. The highest BCUT2D eigenvalue weighted by Crippen LogP contribution is 2.42. The van der Waals surface area contributed by atoms with Crippen LogP contribution >= 0.6 is 0 Å². The molecular weight excluding hydrogens is 585 g/mol. The van der Waals surface area contributed by atoms with E-state index in [9.17, 15) is 18.0 Å². The van der Waals surface area contributed by atoms with Crippen LogP contribution in [0.1, 0.15) is 38.8 Å². The van der Waals surface area contributed by atoms with Gasteiger partial charge in [0.1, 0.15) is 23.7 Å². The summed E-state index contributed by atoms with van der Waals surface area (Å²) in [4.78, 5) is 20.7. The molecule has 2 aromatic heterocycles. The number of anilines is 1. The number of ether oxygens (including phenoxy) is 2. The fraction of sp³-hybridized carbons (Fsp3) is 0.387. The smallest absolute Gasteiger partial charge is 0.419 e. The van der Waals surface area contributed by atoms with Crippen molar-refractivity contribution in [3.05, 3.63) is 71.4 Å². The van der Waals surface area contributed by atoms with Crippen molar-refractivity contribution in [2.75, 3.05) is 24.5 Å². The van der Waals surface area contributed by atoms with Crippen LogP contribution in [0, 0.1) is 11.6 Å². The summed E-state index contributed by atoms with van der Waals surface area (Å²) < 4.78 is 84.7. The maximum atomic E-state index is 15.8. The van der Waals surface area contributed by atoms with Gasteiger partial charge in [-0.15, -0.1) is 0 Å². The highest BCUT2D eigenvalue weighted by Gasteiger charge is 2.39. The number of hydrogen-bond donors (Lipinski definition) is 0. The molecule has 0 spiro atoms. The molecule has 1 atom stereocenters. The molecule has 1 aliphatic heterocycles. The van der Waals surface area contributed by atoms with E-state index in [1.54, 1.807) is 69.1 Å². The molecule has 1 saturated heterocycles. The van der Waals surface area contributed by atoms with Gasteiger partial charge in [0.25, 0.3) is 0 Å². The second-order valence-electron chi connectivity index (χ2n) is 11.7. The van der Waals surface area contributed by atoms with Crippen LogP contribution in [-0.4, -0.2) is 57.0 Å². The number of aryl methyl sites for hydroxylation is 1. The number of benzene rings is 2. The predicted molar refractivity (Wildman–Crippen MR) is 154 cm³/mol. The van der Waals surface area contributed by atoms with Crippen molar-refractivity contribution in [3.63, 3.8) is 0 Å². The van der Waals surface area contributed by atoms with Crippen LogP contribution in [0.2, 0.25) is 0 Å². The summed E-state index contributed by atoms with van der Waals surface area (Å²) in [5.74, 6) is -3.73. The molecule has 0 aliphatic carbocycles. The summed E-state index contributed by atoms with van der Waals surface area (Å²) in [7, 11) is 1.57. The lowest BCUT2D eigenvalue weighted by Crippen LogP contribution is -2.54. The van der Waals surface area contributed by atoms with Crippen LogP contribution in [0.5, 0.6) is 5.75 Å². The number of amides is 1. The first-order valence-electron chi connectivity index (χ1n) is 14.0. The molecule has 2 aromatic carbocycles. The van der Waals surface area contributed by atoms with Crippen LogP contribution in [0.25, 0.3) is 22.2 Å². The average molecular weight is 618 g/mol. The fourth-order valence-electron chi connectivity index (χ4n) is 5.14. The van der Waals surface area contributed by atoms with E-state index in [4.69, 9.17) is 9.47 Å². The summed E-state index contributed by atoms with van der Waals surface area (Å²) in [5.41, 5.74) is -2.02. The van der Waals surface area contributed by atoms with Gasteiger partial charge >= 0.3 is 12.3 Å². The lowest BCUT2D eigenvalue weighted by atomic mass is 10.0. The summed E-state index contributed by atoms with van der Waals surface area (Å²) in [6.07, 6.45) is -4.12. The zero-order chi connectivity index (χ0) is 32.0. The Balaban J connectivity index is 1.48. The summed E-state index contributed by atoms with van der Waals surface area (Å²) >= 11 is 0. The van der Waals surface area contributed by atoms with E-state index in [1.165, 1.54) is 10.9 Å². The van der Waals surface area contributed by atoms with E-state index in [0.29, 0.717) is 42.6 Å². The number of rotatable bonds is 5. The van der Waals surface area contributed by atoms with Crippen molar-refractivity contribution in [3.8, 4) is 17.0 Å². The Morgan fingerprint density at radius 2 is 1.75 bits per heavy atom. The van der Waals surface area contributed by atoms with Crippen LogP contribution in [0.15, 0.2) is 48.7 Å². The SMILES string of the molecule is C[C@@H]1CN(C(=O)OC(C)(C)C)CCN1c1cc2c(cn1)c(-c1cc(C(F)(F)F)c(F)c(OCc3ccccc3)c1F)nn2C. The van der Waals surface area contributed by atoms with Gasteiger partial charge in [-0.1, -0.05) is 30.3 Å². The Morgan fingerprint density at radius 1 is 1.05 bits per heavy atom. The van der Waals surface area contributed by atoms with Crippen LogP contribution in [0.3, 0.4) is 0 Å². The molecule has 0 bridgehead atoms. The second-order valence-corrected chi connectivity index (χ2v) is 11.7. The first-order valence-corrected chi connectivity index (χ1v) is 14.0. The Hall–Kier alpha value is -4.42. The third kappa shape index (κ3) is 6.27. The molecule has 0 N–H and O–H groups in total. The number of aromatic nitrogens is 3. The van der Waals surface area contributed by atoms with E-state index in [2.05, 4.69) is 10.1 Å². The Morgan fingerprint density at radius 3 is 2.39 bits per heavy atom. The number of piperazine rings is 1. The molecule has 5 rings (SSSR count). The normalized spacial score (nSPS) is 16.0. The van der Waals surface area contributed by atoms with Gasteiger partial charge in [-0.2, -0.15) is 18.3 Å². The molecule has 44 heavy (non-hydrogen) atoms. The van der Waals surface area contributed by atoms with Crippen molar-refractivity contribution in [1.29, 1.82) is 0 Å². The number of carbonyl (C=O) groups is 1. The summed E-state index contributed by atoms with van der Waals surface area (Å²) in [5, 5.41) is 4.58. The first-order chi connectivity index (χ1) is 20.6. The third-order valence-corrected chi connectivity index (χ3v) is 7.24. The lowest BCUT2D eigenvalue weighted by molar-refractivity contribution is -0.140. The molecule has 234 valence electrons. The van der Waals surface area contributed by atoms with Gasteiger partial charge in [-0.3, -0.25) is 4.68 Å². The average Bonchev–Trinajstić information content (AvgIpc) is 3.27. The zero-order valence-electron chi connectivity index (χ0n) is 24.9. The quantitative estimate of drug-likeness (QED) is 0.226. The highest BCUT2D eigenvalue weighted by atomic mass is 19.4. The number of nitrogens with zero attached hydrogens (tertiary/aromatic N) is 5. The van der Waals surface area contributed by atoms with E-state index in [0.717, 1.165) is 0 Å². The van der Waals surface area contributed by atoms with Gasteiger partial charge in [0.15, 0.2) is 17.4 Å². The highest BCUT2D eigenvalue weighted by molar-refractivity contribution is 5.94. The van der Waals surface area contributed by atoms with Crippen LogP contribution < -0.4 is 9.64 Å². The van der Waals surface area contributed by atoms with Gasteiger partial charge in [-0.05, 0) is 39.3 Å². The van der Waals surface area contributed by atoms with Gasteiger partial charge in [-0.25, -0.2) is 18.6 Å². The molecule has 1 aliphatic rings. The van der Waals surface area contributed by atoms with Crippen molar-refractivity contribution in [2.45, 2.75) is 52.1 Å². The topological polar surface area (TPSA) is 72.7 Å². The first kappa shape index (κ1) is 31.0. The van der Waals surface area contributed by atoms with Crippen molar-refractivity contribution < 1.29 is 36.2 Å². The maximum absolute atomic E-state index is 15.8. The van der Waals surface area contributed by atoms with E-state index >= 15 is 8.78 Å². The largest absolute Gasteiger partial charge is 0.483 e. The molecule has 3 heterocycles. The Kier molecular flexibility index (Phi) is 8.17. The second kappa shape index (κ2) is 11.6. The number of carbonyl (C=O) groups excluding carboxylic acids is 1. The number of alkyl halides is 3. The summed E-state index contributed by atoms with van der Waals surface area (Å²) in [6.45, 7) is 8.21. The molecule has 0 unspecified atom stereocenters. The molecular formula is C31H32F5N5O3. The van der Waals surface area contributed by atoms with Gasteiger partial charge < -0.3 is 19.3 Å². The van der Waals surface area contributed by atoms with Crippen LogP contribution in [0.4, 0.5) is 32.6 Å². The minimum absolute atomic E-state index is 0.137. The summed E-state index contributed by atoms with van der Waals surface area (Å²) in [6, 6.07) is 10.3. The standard InChI is InChI=1S/C31H32F5N5O3/c1-18-16-40(29(42)44-30(2,3)4)11-12-41(18)24-14-23-21(15-37-24)27(38-39(23)5)20-13-22(31(34,35)36)26(33)28(25(20)32)43-17-19-9-7-6-8-10-19/h6-10,13-15,18H,11-12,16-17H2,1-5H3/t18-/m1/s1. The molecule has 1 fully saturated rings. The minimum Gasteiger partial charge on any atom is -0.483 e. The van der Waals surface area contributed by atoms with E-state index in [-0.39, 0.29) is 23.7 Å². The van der Waals surface area contributed by atoms with Gasteiger partial charge in [0, 0.05) is 55.9 Å². The maximum Gasteiger partial charge on any atom is 0.419 e. The Labute approximate surface area is 251 Å². The third-order valence-electron chi connectivity index (χ3n) is 7.24. The lowest BCUT2D eigenvalue weighted by Gasteiger charge is -2.40.